The first-order valence-electron chi connectivity index (χ1n) is 6.44. The average molecular weight is 313 g/mol. The van der Waals surface area contributed by atoms with E-state index in [9.17, 15) is 0 Å². The highest BCUT2D eigenvalue weighted by molar-refractivity contribution is 9.10. The van der Waals surface area contributed by atoms with Crippen molar-refractivity contribution in [2.24, 2.45) is 0 Å². The van der Waals surface area contributed by atoms with Crippen molar-refractivity contribution >= 4 is 15.9 Å². The number of methoxy groups -OCH3 is 1. The molecule has 0 radical (unpaired) electrons. The quantitative estimate of drug-likeness (QED) is 0.925. The molecule has 1 heterocycles. The second kappa shape index (κ2) is 6.55. The third-order valence-electron chi connectivity index (χ3n) is 3.58. The third-order valence-corrected chi connectivity index (χ3v) is 4.20. The normalized spacial score (nSPS) is 17.1. The predicted octanol–water partition coefficient (Wildman–Crippen LogP) is 2.64. The summed E-state index contributed by atoms with van der Waals surface area (Å²) >= 11 is 3.54. The van der Waals surface area contributed by atoms with Crippen molar-refractivity contribution in [3.63, 3.8) is 0 Å². The van der Waals surface area contributed by atoms with Crippen LogP contribution in [-0.4, -0.2) is 38.2 Å². The number of benzene rings is 1. The van der Waals surface area contributed by atoms with Crippen molar-refractivity contribution < 1.29 is 4.74 Å². The lowest BCUT2D eigenvalue weighted by atomic mass is 10.0. The lowest BCUT2D eigenvalue weighted by molar-refractivity contribution is 0.191. The Morgan fingerprint density at radius 3 is 2.72 bits per heavy atom. The summed E-state index contributed by atoms with van der Waals surface area (Å²) in [5.74, 6) is 0.892. The standard InChI is InChI=1S/C14H21BrN2O/c1-17(12-5-7-16-8-6-12)10-11-3-4-14(18-2)13(15)9-11/h3-4,9,12,16H,5-8,10H2,1-2H3. The van der Waals surface area contributed by atoms with E-state index in [0.29, 0.717) is 6.04 Å². The third kappa shape index (κ3) is 3.46. The highest BCUT2D eigenvalue weighted by Gasteiger charge is 2.17. The van der Waals surface area contributed by atoms with Crippen LogP contribution in [0.1, 0.15) is 18.4 Å². The van der Waals surface area contributed by atoms with E-state index >= 15 is 0 Å². The van der Waals surface area contributed by atoms with Crippen LogP contribution in [0.4, 0.5) is 0 Å². The van der Waals surface area contributed by atoms with Crippen LogP contribution in [0.25, 0.3) is 0 Å². The number of halogens is 1. The maximum atomic E-state index is 5.25. The molecule has 1 fully saturated rings. The zero-order valence-corrected chi connectivity index (χ0v) is 12.7. The van der Waals surface area contributed by atoms with Crippen LogP contribution in [0.15, 0.2) is 22.7 Å². The monoisotopic (exact) mass is 312 g/mol. The van der Waals surface area contributed by atoms with Gasteiger partial charge in [0.2, 0.25) is 0 Å². The fourth-order valence-corrected chi connectivity index (χ4v) is 3.06. The maximum absolute atomic E-state index is 5.25. The minimum Gasteiger partial charge on any atom is -0.496 e. The minimum atomic E-state index is 0.701. The van der Waals surface area contributed by atoms with E-state index < -0.39 is 0 Å². The molecule has 100 valence electrons. The summed E-state index contributed by atoms with van der Waals surface area (Å²) in [5, 5.41) is 3.41. The van der Waals surface area contributed by atoms with E-state index in [1.165, 1.54) is 18.4 Å². The molecule has 1 aromatic rings. The Hall–Kier alpha value is -0.580. The number of hydrogen-bond donors (Lipinski definition) is 1. The second-order valence-corrected chi connectivity index (χ2v) is 5.72. The molecule has 0 unspecified atom stereocenters. The molecule has 0 aliphatic carbocycles. The summed E-state index contributed by atoms with van der Waals surface area (Å²) in [4.78, 5) is 2.45. The van der Waals surface area contributed by atoms with Crippen molar-refractivity contribution in [1.82, 2.24) is 10.2 Å². The molecule has 0 atom stereocenters. The molecule has 1 aliphatic rings. The molecule has 0 amide bonds. The Balaban J connectivity index is 1.97. The Morgan fingerprint density at radius 1 is 1.39 bits per heavy atom. The van der Waals surface area contributed by atoms with Gasteiger partial charge in [0.25, 0.3) is 0 Å². The van der Waals surface area contributed by atoms with Crippen molar-refractivity contribution in [3.8, 4) is 5.75 Å². The van der Waals surface area contributed by atoms with Crippen LogP contribution in [0.2, 0.25) is 0 Å². The predicted molar refractivity (Wildman–Crippen MR) is 78.1 cm³/mol. The number of nitrogens with zero attached hydrogens (tertiary/aromatic N) is 1. The zero-order chi connectivity index (χ0) is 13.0. The molecule has 0 saturated carbocycles. The number of hydrogen-bond acceptors (Lipinski definition) is 3. The number of nitrogens with one attached hydrogen (secondary N) is 1. The Labute approximate surface area is 118 Å². The Morgan fingerprint density at radius 2 is 2.11 bits per heavy atom. The molecule has 0 aromatic heterocycles. The summed E-state index contributed by atoms with van der Waals surface area (Å²) in [6.45, 7) is 3.27. The Kier molecular flexibility index (Phi) is 5.03. The van der Waals surface area contributed by atoms with Crippen LogP contribution in [0.5, 0.6) is 5.75 Å². The molecule has 1 saturated heterocycles. The van der Waals surface area contributed by atoms with Gasteiger partial charge in [-0.25, -0.2) is 0 Å². The molecule has 0 bridgehead atoms. The molecule has 1 N–H and O–H groups in total. The molecule has 0 spiro atoms. The van der Waals surface area contributed by atoms with Crippen LogP contribution < -0.4 is 10.1 Å². The van der Waals surface area contributed by atoms with Gasteiger partial charge >= 0.3 is 0 Å². The lowest BCUT2D eigenvalue weighted by Crippen LogP contribution is -2.40. The highest BCUT2D eigenvalue weighted by atomic mass is 79.9. The SMILES string of the molecule is COc1ccc(CN(C)C2CCNCC2)cc1Br. The number of piperidine rings is 1. The van der Waals surface area contributed by atoms with Crippen LogP contribution >= 0.6 is 15.9 Å². The van der Waals surface area contributed by atoms with Gasteiger partial charge in [0, 0.05) is 12.6 Å². The van der Waals surface area contributed by atoms with Crippen molar-refractivity contribution in [2.75, 3.05) is 27.2 Å². The van der Waals surface area contributed by atoms with Crippen LogP contribution in [0, 0.1) is 0 Å². The van der Waals surface area contributed by atoms with Gasteiger partial charge in [-0.15, -0.1) is 0 Å². The molecule has 2 rings (SSSR count). The summed E-state index contributed by atoms with van der Waals surface area (Å²) in [6, 6.07) is 7.01. The maximum Gasteiger partial charge on any atom is 0.133 e. The highest BCUT2D eigenvalue weighted by Crippen LogP contribution is 2.26. The van der Waals surface area contributed by atoms with Crippen LogP contribution in [-0.2, 0) is 6.54 Å². The second-order valence-electron chi connectivity index (χ2n) is 4.87. The number of ether oxygens (including phenoxy) is 1. The molecule has 18 heavy (non-hydrogen) atoms. The van der Waals surface area contributed by atoms with Crippen molar-refractivity contribution in [3.05, 3.63) is 28.2 Å². The van der Waals surface area contributed by atoms with Gasteiger partial charge in [0.05, 0.1) is 11.6 Å². The topological polar surface area (TPSA) is 24.5 Å². The summed E-state index contributed by atoms with van der Waals surface area (Å²) in [5.41, 5.74) is 1.32. The van der Waals surface area contributed by atoms with Crippen molar-refractivity contribution in [1.29, 1.82) is 0 Å². The number of rotatable bonds is 4. The van der Waals surface area contributed by atoms with Gasteiger partial charge < -0.3 is 10.1 Å². The average Bonchev–Trinajstić information content (AvgIpc) is 2.40. The lowest BCUT2D eigenvalue weighted by Gasteiger charge is -2.31. The fraction of sp³-hybridized carbons (Fsp3) is 0.571. The molecule has 4 heteroatoms. The molecule has 3 nitrogen and oxygen atoms in total. The van der Waals surface area contributed by atoms with Crippen LogP contribution in [0.3, 0.4) is 0 Å². The first-order chi connectivity index (χ1) is 8.70. The first kappa shape index (κ1) is 13.8. The minimum absolute atomic E-state index is 0.701. The van der Waals surface area contributed by atoms with E-state index in [-0.39, 0.29) is 0 Å². The molecular weight excluding hydrogens is 292 g/mol. The van der Waals surface area contributed by atoms with Gasteiger partial charge in [-0.3, -0.25) is 4.90 Å². The summed E-state index contributed by atoms with van der Waals surface area (Å²) in [6.07, 6.45) is 2.49. The van der Waals surface area contributed by atoms with E-state index in [1.54, 1.807) is 7.11 Å². The molecule has 1 aromatic carbocycles. The van der Waals surface area contributed by atoms with E-state index in [2.05, 4.69) is 45.3 Å². The van der Waals surface area contributed by atoms with Gasteiger partial charge in [-0.2, -0.15) is 0 Å². The van der Waals surface area contributed by atoms with Gasteiger partial charge in [-0.05, 0) is 66.6 Å². The van der Waals surface area contributed by atoms with Gasteiger partial charge in [-0.1, -0.05) is 6.07 Å². The largest absolute Gasteiger partial charge is 0.496 e. The van der Waals surface area contributed by atoms with E-state index in [4.69, 9.17) is 4.74 Å². The van der Waals surface area contributed by atoms with Crippen molar-refractivity contribution in [2.45, 2.75) is 25.4 Å². The fourth-order valence-electron chi connectivity index (χ4n) is 2.47. The van der Waals surface area contributed by atoms with E-state index in [1.807, 2.05) is 6.07 Å². The molecular formula is C14H21BrN2O. The zero-order valence-electron chi connectivity index (χ0n) is 11.1. The van der Waals surface area contributed by atoms with Gasteiger partial charge in [0.1, 0.15) is 5.75 Å². The smallest absolute Gasteiger partial charge is 0.133 e. The first-order valence-corrected chi connectivity index (χ1v) is 7.23. The summed E-state index contributed by atoms with van der Waals surface area (Å²) < 4.78 is 6.28. The summed E-state index contributed by atoms with van der Waals surface area (Å²) in [7, 11) is 3.91. The molecule has 1 aliphatic heterocycles. The van der Waals surface area contributed by atoms with Gasteiger partial charge in [0.15, 0.2) is 0 Å². The Bertz CT molecular complexity index is 391. The van der Waals surface area contributed by atoms with E-state index in [0.717, 1.165) is 29.9 Å².